The highest BCUT2D eigenvalue weighted by atomic mass is 16.5. The van der Waals surface area contributed by atoms with Crippen LogP contribution in [0.1, 0.15) is 17.3 Å². The van der Waals surface area contributed by atoms with Gasteiger partial charge < -0.3 is 14.6 Å². The second kappa shape index (κ2) is 6.07. The number of nitrogens with one attached hydrogen (secondary N) is 1. The van der Waals surface area contributed by atoms with Crippen LogP contribution in [0.15, 0.2) is 18.5 Å². The van der Waals surface area contributed by atoms with Crippen LogP contribution in [0, 0.1) is 0 Å². The summed E-state index contributed by atoms with van der Waals surface area (Å²) in [5.41, 5.74) is 0.567. The Morgan fingerprint density at radius 1 is 1.69 bits per heavy atom. The molecule has 0 aliphatic carbocycles. The Balaban J connectivity index is 2.42. The molecule has 16 heavy (non-hydrogen) atoms. The lowest BCUT2D eigenvalue weighted by atomic mass is 10.3. The number of aldehydes is 1. The van der Waals surface area contributed by atoms with Crippen LogP contribution in [0.5, 0.6) is 0 Å². The van der Waals surface area contributed by atoms with Crippen molar-refractivity contribution in [2.45, 2.75) is 19.5 Å². The van der Waals surface area contributed by atoms with Gasteiger partial charge in [-0.1, -0.05) is 0 Å². The van der Waals surface area contributed by atoms with Crippen LogP contribution in [-0.4, -0.2) is 36.5 Å². The first kappa shape index (κ1) is 12.4. The first-order chi connectivity index (χ1) is 7.65. The summed E-state index contributed by atoms with van der Waals surface area (Å²) in [7, 11) is 1.59. The van der Waals surface area contributed by atoms with Crippen molar-refractivity contribution in [1.82, 2.24) is 9.88 Å². The van der Waals surface area contributed by atoms with Crippen molar-refractivity contribution >= 4 is 12.2 Å². The summed E-state index contributed by atoms with van der Waals surface area (Å²) in [6.45, 7) is 2.56. The number of hydrogen-bond donors (Lipinski definition) is 1. The Morgan fingerprint density at radius 2 is 2.44 bits per heavy atom. The van der Waals surface area contributed by atoms with Crippen molar-refractivity contribution in [2.24, 2.45) is 0 Å². The largest absolute Gasteiger partial charge is 0.383 e. The molecule has 1 unspecified atom stereocenters. The summed E-state index contributed by atoms with van der Waals surface area (Å²) in [6, 6.07) is 1.65. The molecule has 0 spiro atoms. The second-order valence-electron chi connectivity index (χ2n) is 3.66. The first-order valence-corrected chi connectivity index (χ1v) is 5.05. The normalized spacial score (nSPS) is 12.1. The molecule has 0 radical (unpaired) electrons. The number of amides is 1. The van der Waals surface area contributed by atoms with Gasteiger partial charge in [0, 0.05) is 31.1 Å². The minimum Gasteiger partial charge on any atom is -0.383 e. The van der Waals surface area contributed by atoms with Crippen LogP contribution in [0.25, 0.3) is 0 Å². The number of carbonyl (C=O) groups is 2. The van der Waals surface area contributed by atoms with E-state index in [4.69, 9.17) is 4.74 Å². The zero-order valence-electron chi connectivity index (χ0n) is 9.47. The van der Waals surface area contributed by atoms with E-state index in [0.29, 0.717) is 12.2 Å². The number of methoxy groups -OCH3 is 1. The van der Waals surface area contributed by atoms with Gasteiger partial charge >= 0.3 is 0 Å². The van der Waals surface area contributed by atoms with Gasteiger partial charge in [0.1, 0.15) is 6.54 Å². The Morgan fingerprint density at radius 3 is 3.00 bits per heavy atom. The van der Waals surface area contributed by atoms with Gasteiger partial charge in [-0.25, -0.2) is 0 Å². The topological polar surface area (TPSA) is 60.3 Å². The summed E-state index contributed by atoms with van der Waals surface area (Å²) >= 11 is 0. The predicted molar refractivity (Wildman–Crippen MR) is 59.3 cm³/mol. The van der Waals surface area contributed by atoms with Gasteiger partial charge in [0.05, 0.1) is 6.61 Å². The molecule has 1 atom stereocenters. The predicted octanol–water partition coefficient (Wildman–Crippen LogP) is 0.452. The standard InChI is InChI=1S/C11H16N2O3/c1-9(8-16-2)12-11(15)6-13-4-3-10(5-13)7-14/h3-5,7,9H,6,8H2,1-2H3,(H,12,15). The fourth-order valence-electron chi connectivity index (χ4n) is 1.41. The maximum atomic E-state index is 11.5. The van der Waals surface area contributed by atoms with Crippen LogP contribution < -0.4 is 5.32 Å². The van der Waals surface area contributed by atoms with Crippen molar-refractivity contribution in [1.29, 1.82) is 0 Å². The Hall–Kier alpha value is -1.62. The van der Waals surface area contributed by atoms with Crippen molar-refractivity contribution in [3.63, 3.8) is 0 Å². The minimum absolute atomic E-state index is 0.0152. The number of carbonyl (C=O) groups excluding carboxylic acids is 2. The van der Waals surface area contributed by atoms with Crippen molar-refractivity contribution in [2.75, 3.05) is 13.7 Å². The zero-order chi connectivity index (χ0) is 12.0. The van der Waals surface area contributed by atoms with E-state index in [1.165, 1.54) is 0 Å². The van der Waals surface area contributed by atoms with E-state index in [1.54, 1.807) is 30.1 Å². The molecule has 1 heterocycles. The molecule has 1 aromatic heterocycles. The van der Waals surface area contributed by atoms with Gasteiger partial charge in [0.25, 0.3) is 0 Å². The van der Waals surface area contributed by atoms with Crippen LogP contribution in [0.3, 0.4) is 0 Å². The molecule has 0 aliphatic rings. The van der Waals surface area contributed by atoms with Gasteiger partial charge in [-0.3, -0.25) is 9.59 Å². The Kier molecular flexibility index (Phi) is 4.72. The molecule has 0 fully saturated rings. The molecule has 88 valence electrons. The molecule has 1 rings (SSSR count). The monoisotopic (exact) mass is 224 g/mol. The number of ether oxygens (including phenoxy) is 1. The Labute approximate surface area is 94.4 Å². The molecular formula is C11H16N2O3. The fraction of sp³-hybridized carbons (Fsp3) is 0.455. The Bertz CT molecular complexity index is 360. The van der Waals surface area contributed by atoms with Crippen LogP contribution in [-0.2, 0) is 16.1 Å². The molecule has 1 amide bonds. The maximum Gasteiger partial charge on any atom is 0.240 e. The van der Waals surface area contributed by atoms with Crippen molar-refractivity contribution in [3.05, 3.63) is 24.0 Å². The van der Waals surface area contributed by atoms with Gasteiger partial charge in [-0.05, 0) is 13.0 Å². The highest BCUT2D eigenvalue weighted by Gasteiger charge is 2.07. The summed E-state index contributed by atoms with van der Waals surface area (Å²) in [5.74, 6) is -0.0994. The highest BCUT2D eigenvalue weighted by molar-refractivity contribution is 5.77. The van der Waals surface area contributed by atoms with E-state index < -0.39 is 0 Å². The van der Waals surface area contributed by atoms with Gasteiger partial charge in [-0.2, -0.15) is 0 Å². The lowest BCUT2D eigenvalue weighted by molar-refractivity contribution is -0.122. The lowest BCUT2D eigenvalue weighted by Gasteiger charge is -2.12. The number of nitrogens with zero attached hydrogens (tertiary/aromatic N) is 1. The van der Waals surface area contributed by atoms with E-state index >= 15 is 0 Å². The minimum atomic E-state index is -0.0994. The first-order valence-electron chi connectivity index (χ1n) is 5.05. The average Bonchev–Trinajstić information content (AvgIpc) is 2.65. The number of aromatic nitrogens is 1. The summed E-state index contributed by atoms with van der Waals surface area (Å²) in [4.78, 5) is 22.0. The number of hydrogen-bond acceptors (Lipinski definition) is 3. The third kappa shape index (κ3) is 3.86. The van der Waals surface area contributed by atoms with E-state index in [0.717, 1.165) is 6.29 Å². The smallest absolute Gasteiger partial charge is 0.240 e. The molecule has 0 saturated heterocycles. The third-order valence-electron chi connectivity index (χ3n) is 2.06. The van der Waals surface area contributed by atoms with E-state index in [9.17, 15) is 9.59 Å². The molecule has 0 bridgehead atoms. The van der Waals surface area contributed by atoms with Crippen LogP contribution in [0.4, 0.5) is 0 Å². The molecule has 0 saturated carbocycles. The van der Waals surface area contributed by atoms with E-state index in [1.807, 2.05) is 6.92 Å². The average molecular weight is 224 g/mol. The molecule has 1 aromatic rings. The molecule has 0 aliphatic heterocycles. The third-order valence-corrected chi connectivity index (χ3v) is 2.06. The molecule has 5 nitrogen and oxygen atoms in total. The summed E-state index contributed by atoms with van der Waals surface area (Å²) in [6.07, 6.45) is 4.08. The van der Waals surface area contributed by atoms with Crippen LogP contribution in [0.2, 0.25) is 0 Å². The molecule has 0 aromatic carbocycles. The summed E-state index contributed by atoms with van der Waals surface area (Å²) in [5, 5.41) is 2.78. The highest BCUT2D eigenvalue weighted by Crippen LogP contribution is 1.97. The van der Waals surface area contributed by atoms with Gasteiger partial charge in [0.2, 0.25) is 5.91 Å². The van der Waals surface area contributed by atoms with E-state index in [-0.39, 0.29) is 18.5 Å². The second-order valence-corrected chi connectivity index (χ2v) is 3.66. The molecular weight excluding hydrogens is 208 g/mol. The van der Waals surface area contributed by atoms with Gasteiger partial charge in [0.15, 0.2) is 6.29 Å². The van der Waals surface area contributed by atoms with Crippen molar-refractivity contribution in [3.8, 4) is 0 Å². The summed E-state index contributed by atoms with van der Waals surface area (Å²) < 4.78 is 6.57. The van der Waals surface area contributed by atoms with E-state index in [2.05, 4.69) is 5.32 Å². The van der Waals surface area contributed by atoms with Crippen LogP contribution >= 0.6 is 0 Å². The number of rotatable bonds is 6. The van der Waals surface area contributed by atoms with Gasteiger partial charge in [-0.15, -0.1) is 0 Å². The van der Waals surface area contributed by atoms with Crippen molar-refractivity contribution < 1.29 is 14.3 Å². The SMILES string of the molecule is COCC(C)NC(=O)Cn1ccc(C=O)c1. The zero-order valence-corrected chi connectivity index (χ0v) is 9.47. The molecule has 1 N–H and O–H groups in total. The molecule has 5 heteroatoms. The maximum absolute atomic E-state index is 11.5. The lowest BCUT2D eigenvalue weighted by Crippen LogP contribution is -2.37. The quantitative estimate of drug-likeness (QED) is 0.714. The fourth-order valence-corrected chi connectivity index (χ4v) is 1.41.